The quantitative estimate of drug-likeness (QED) is 0.806. The van der Waals surface area contributed by atoms with Crippen LogP contribution in [0.3, 0.4) is 0 Å². The van der Waals surface area contributed by atoms with E-state index in [1.54, 1.807) is 0 Å². The van der Waals surface area contributed by atoms with Crippen LogP contribution >= 0.6 is 0 Å². The summed E-state index contributed by atoms with van der Waals surface area (Å²) in [5.41, 5.74) is 0. The number of hydrogen-bond acceptors (Lipinski definition) is 3. The normalized spacial score (nSPS) is 29.0. The second-order valence-corrected chi connectivity index (χ2v) is 6.44. The number of hydrogen-bond donors (Lipinski definition) is 1. The minimum absolute atomic E-state index is 0.644. The molecule has 18 heavy (non-hydrogen) atoms. The summed E-state index contributed by atoms with van der Waals surface area (Å²) >= 11 is 0. The Balaban J connectivity index is 1.77. The van der Waals surface area contributed by atoms with Gasteiger partial charge in [-0.1, -0.05) is 20.3 Å². The lowest BCUT2D eigenvalue weighted by molar-refractivity contribution is 0.158. The highest BCUT2D eigenvalue weighted by Crippen LogP contribution is 2.20. The molecule has 0 aromatic rings. The zero-order valence-corrected chi connectivity index (χ0v) is 12.5. The molecule has 2 aliphatic heterocycles. The van der Waals surface area contributed by atoms with E-state index < -0.39 is 0 Å². The van der Waals surface area contributed by atoms with Gasteiger partial charge in [-0.15, -0.1) is 0 Å². The van der Waals surface area contributed by atoms with Crippen LogP contribution in [0, 0.1) is 5.92 Å². The summed E-state index contributed by atoms with van der Waals surface area (Å²) in [5.74, 6) is 0.726. The molecule has 1 N–H and O–H groups in total. The fraction of sp³-hybridized carbons (Fsp3) is 1.00. The van der Waals surface area contributed by atoms with Crippen LogP contribution in [-0.4, -0.2) is 61.7 Å². The van der Waals surface area contributed by atoms with Crippen LogP contribution < -0.4 is 5.32 Å². The Morgan fingerprint density at radius 2 is 1.83 bits per heavy atom. The van der Waals surface area contributed by atoms with Crippen LogP contribution in [0.4, 0.5) is 0 Å². The van der Waals surface area contributed by atoms with E-state index >= 15 is 0 Å². The first-order valence-electron chi connectivity index (χ1n) is 7.84. The molecule has 2 fully saturated rings. The maximum absolute atomic E-state index is 3.47. The van der Waals surface area contributed by atoms with Gasteiger partial charge in [0.2, 0.25) is 0 Å². The molecule has 0 saturated carbocycles. The summed E-state index contributed by atoms with van der Waals surface area (Å²) in [6.45, 7) is 11.1. The van der Waals surface area contributed by atoms with Crippen molar-refractivity contribution in [1.29, 1.82) is 0 Å². The Morgan fingerprint density at radius 3 is 2.44 bits per heavy atom. The largest absolute Gasteiger partial charge is 0.315 e. The summed E-state index contributed by atoms with van der Waals surface area (Å²) in [7, 11) is 2.10. The van der Waals surface area contributed by atoms with E-state index in [4.69, 9.17) is 0 Å². The van der Waals surface area contributed by atoms with Gasteiger partial charge in [-0.25, -0.2) is 0 Å². The minimum Gasteiger partial charge on any atom is -0.315 e. The molecule has 2 heterocycles. The van der Waals surface area contributed by atoms with Gasteiger partial charge in [0.15, 0.2) is 0 Å². The maximum atomic E-state index is 3.47. The maximum Gasteiger partial charge on any atom is 0.0235 e. The summed E-state index contributed by atoms with van der Waals surface area (Å²) in [5, 5.41) is 3.47. The van der Waals surface area contributed by atoms with Crippen molar-refractivity contribution in [1.82, 2.24) is 15.1 Å². The summed E-state index contributed by atoms with van der Waals surface area (Å²) < 4.78 is 0. The average molecular weight is 253 g/mol. The molecular weight excluding hydrogens is 222 g/mol. The Morgan fingerprint density at radius 1 is 1.11 bits per heavy atom. The molecule has 0 aromatic carbocycles. The van der Waals surface area contributed by atoms with Gasteiger partial charge >= 0.3 is 0 Å². The molecule has 0 amide bonds. The van der Waals surface area contributed by atoms with E-state index in [9.17, 15) is 0 Å². The number of rotatable bonds is 5. The Hall–Kier alpha value is -0.120. The van der Waals surface area contributed by atoms with Crippen molar-refractivity contribution in [3.63, 3.8) is 0 Å². The van der Waals surface area contributed by atoms with Crippen LogP contribution in [0.2, 0.25) is 0 Å². The number of nitrogens with one attached hydrogen (secondary N) is 1. The highest BCUT2D eigenvalue weighted by atomic mass is 15.3. The molecule has 2 atom stereocenters. The molecule has 2 aliphatic rings. The SMILES string of the molecule is CNC(CN1CCC(N2CCCCC2)C1)C(C)C. The smallest absolute Gasteiger partial charge is 0.0235 e. The number of likely N-dealkylation sites (tertiary alicyclic amines) is 2. The van der Waals surface area contributed by atoms with Crippen molar-refractivity contribution >= 4 is 0 Å². The zero-order valence-electron chi connectivity index (χ0n) is 12.5. The lowest BCUT2D eigenvalue weighted by atomic mass is 10.0. The third-order valence-corrected chi connectivity index (χ3v) is 4.78. The molecule has 2 saturated heterocycles. The highest BCUT2D eigenvalue weighted by Gasteiger charge is 2.29. The van der Waals surface area contributed by atoms with E-state index in [1.807, 2.05) is 0 Å². The van der Waals surface area contributed by atoms with Crippen LogP contribution in [0.25, 0.3) is 0 Å². The first kappa shape index (κ1) is 14.3. The van der Waals surface area contributed by atoms with Crippen LogP contribution in [0.15, 0.2) is 0 Å². The van der Waals surface area contributed by atoms with E-state index in [-0.39, 0.29) is 0 Å². The van der Waals surface area contributed by atoms with Gasteiger partial charge in [-0.05, 0) is 51.9 Å². The first-order valence-corrected chi connectivity index (χ1v) is 7.84. The predicted molar refractivity (Wildman–Crippen MR) is 78.0 cm³/mol. The molecule has 2 rings (SSSR count). The van der Waals surface area contributed by atoms with Gasteiger partial charge < -0.3 is 10.2 Å². The van der Waals surface area contributed by atoms with E-state index in [0.29, 0.717) is 6.04 Å². The van der Waals surface area contributed by atoms with Crippen LogP contribution in [0.1, 0.15) is 39.5 Å². The van der Waals surface area contributed by atoms with Crippen LogP contribution in [-0.2, 0) is 0 Å². The summed E-state index contributed by atoms with van der Waals surface area (Å²) in [6.07, 6.45) is 5.67. The molecule has 3 heteroatoms. The molecule has 0 bridgehead atoms. The number of piperidine rings is 1. The average Bonchev–Trinajstić information content (AvgIpc) is 2.85. The topological polar surface area (TPSA) is 18.5 Å². The van der Waals surface area contributed by atoms with Crippen molar-refractivity contribution in [3.05, 3.63) is 0 Å². The standard InChI is InChI=1S/C15H31N3/c1-13(2)15(16-3)12-17-10-7-14(11-17)18-8-5-4-6-9-18/h13-16H,4-12H2,1-3H3. The third kappa shape index (κ3) is 3.69. The molecule has 2 unspecified atom stereocenters. The van der Waals surface area contributed by atoms with E-state index in [2.05, 4.69) is 36.0 Å². The van der Waals surface area contributed by atoms with E-state index in [0.717, 1.165) is 12.0 Å². The fourth-order valence-electron chi connectivity index (χ4n) is 3.47. The Bertz CT molecular complexity index is 236. The number of likely N-dealkylation sites (N-methyl/N-ethyl adjacent to an activating group) is 1. The van der Waals surface area contributed by atoms with Crippen LogP contribution in [0.5, 0.6) is 0 Å². The number of nitrogens with zero attached hydrogens (tertiary/aromatic N) is 2. The second-order valence-electron chi connectivity index (χ2n) is 6.44. The molecule has 0 aliphatic carbocycles. The van der Waals surface area contributed by atoms with Gasteiger partial charge in [0.05, 0.1) is 0 Å². The fourth-order valence-corrected chi connectivity index (χ4v) is 3.47. The molecule has 0 aromatic heterocycles. The molecule has 0 radical (unpaired) electrons. The van der Waals surface area contributed by atoms with Crippen molar-refractivity contribution in [2.75, 3.05) is 39.8 Å². The Kier molecular flexibility index (Phi) is 5.46. The van der Waals surface area contributed by atoms with Crippen molar-refractivity contribution in [2.45, 2.75) is 51.6 Å². The Labute approximate surface area is 113 Å². The van der Waals surface area contributed by atoms with Gasteiger partial charge in [-0.2, -0.15) is 0 Å². The van der Waals surface area contributed by atoms with Gasteiger partial charge in [0.1, 0.15) is 0 Å². The van der Waals surface area contributed by atoms with Gasteiger partial charge in [0.25, 0.3) is 0 Å². The lowest BCUT2D eigenvalue weighted by Crippen LogP contribution is -2.44. The minimum atomic E-state index is 0.644. The van der Waals surface area contributed by atoms with Crippen molar-refractivity contribution < 1.29 is 0 Å². The summed E-state index contributed by atoms with van der Waals surface area (Å²) in [4.78, 5) is 5.41. The molecular formula is C15H31N3. The monoisotopic (exact) mass is 253 g/mol. The van der Waals surface area contributed by atoms with Crippen molar-refractivity contribution in [3.8, 4) is 0 Å². The van der Waals surface area contributed by atoms with Crippen molar-refractivity contribution in [2.24, 2.45) is 5.92 Å². The first-order chi connectivity index (χ1) is 8.70. The van der Waals surface area contributed by atoms with Gasteiger partial charge in [-0.3, -0.25) is 4.90 Å². The lowest BCUT2D eigenvalue weighted by Gasteiger charge is -2.33. The van der Waals surface area contributed by atoms with E-state index in [1.165, 1.54) is 58.4 Å². The summed E-state index contributed by atoms with van der Waals surface area (Å²) in [6, 6.07) is 1.49. The third-order valence-electron chi connectivity index (χ3n) is 4.78. The molecule has 0 spiro atoms. The van der Waals surface area contributed by atoms with Gasteiger partial charge in [0, 0.05) is 25.2 Å². The predicted octanol–water partition coefficient (Wildman–Crippen LogP) is 1.79. The second kappa shape index (κ2) is 6.88. The molecule has 106 valence electrons. The molecule has 3 nitrogen and oxygen atoms in total. The highest BCUT2D eigenvalue weighted by molar-refractivity contribution is 4.87. The zero-order chi connectivity index (χ0) is 13.0.